The number of hydrogen-bond donors (Lipinski definition) is 2. The van der Waals surface area contributed by atoms with Crippen LogP contribution in [0.3, 0.4) is 0 Å². The van der Waals surface area contributed by atoms with Crippen molar-refractivity contribution in [3.05, 3.63) is 35.9 Å². The summed E-state index contributed by atoms with van der Waals surface area (Å²) in [6.07, 6.45) is 4.97. The fourth-order valence-electron chi connectivity index (χ4n) is 2.90. The van der Waals surface area contributed by atoms with E-state index in [0.29, 0.717) is 13.2 Å². The molecule has 1 aliphatic rings. The molecule has 1 aromatic carbocycles. The average molecular weight is 277 g/mol. The minimum absolute atomic E-state index is 0.365. The van der Waals surface area contributed by atoms with Crippen LogP contribution in [0, 0.1) is 0 Å². The standard InChI is InChI=1S/C17H27NO2/c1-2-3-7-10-17(11-12-18-13-16(17)19)20-14-15-8-5-4-6-9-15/h4-6,8-9,16,18-19H,2-3,7,10-14H2,1H3. The van der Waals surface area contributed by atoms with E-state index >= 15 is 0 Å². The summed E-state index contributed by atoms with van der Waals surface area (Å²) in [5.74, 6) is 0. The maximum absolute atomic E-state index is 10.4. The van der Waals surface area contributed by atoms with E-state index in [-0.39, 0.29) is 5.60 Å². The smallest absolute Gasteiger partial charge is 0.0969 e. The second-order valence-electron chi connectivity index (χ2n) is 5.77. The summed E-state index contributed by atoms with van der Waals surface area (Å²) in [4.78, 5) is 0. The van der Waals surface area contributed by atoms with Gasteiger partial charge >= 0.3 is 0 Å². The van der Waals surface area contributed by atoms with Gasteiger partial charge in [0, 0.05) is 6.54 Å². The van der Waals surface area contributed by atoms with E-state index < -0.39 is 6.10 Å². The highest BCUT2D eigenvalue weighted by Gasteiger charge is 2.40. The fraction of sp³-hybridized carbons (Fsp3) is 0.647. The Morgan fingerprint density at radius 2 is 2.10 bits per heavy atom. The third-order valence-electron chi connectivity index (χ3n) is 4.24. The molecule has 0 saturated carbocycles. The van der Waals surface area contributed by atoms with Crippen molar-refractivity contribution in [3.63, 3.8) is 0 Å². The molecule has 1 fully saturated rings. The van der Waals surface area contributed by atoms with Gasteiger partial charge in [0.1, 0.15) is 0 Å². The van der Waals surface area contributed by atoms with Crippen molar-refractivity contribution in [3.8, 4) is 0 Å². The molecule has 3 nitrogen and oxygen atoms in total. The largest absolute Gasteiger partial charge is 0.389 e. The maximum Gasteiger partial charge on any atom is 0.0969 e. The Hall–Kier alpha value is -0.900. The van der Waals surface area contributed by atoms with Crippen LogP contribution in [0.25, 0.3) is 0 Å². The number of piperidine rings is 1. The van der Waals surface area contributed by atoms with Gasteiger partial charge in [-0.2, -0.15) is 0 Å². The van der Waals surface area contributed by atoms with Gasteiger partial charge in [-0.1, -0.05) is 56.5 Å². The highest BCUT2D eigenvalue weighted by molar-refractivity contribution is 5.13. The van der Waals surface area contributed by atoms with Crippen LogP contribution in [-0.2, 0) is 11.3 Å². The van der Waals surface area contributed by atoms with Gasteiger partial charge in [0.05, 0.1) is 18.3 Å². The number of hydrogen-bond acceptors (Lipinski definition) is 3. The molecule has 1 aromatic rings. The van der Waals surface area contributed by atoms with Gasteiger partial charge in [-0.25, -0.2) is 0 Å². The Balaban J connectivity index is 1.98. The number of benzene rings is 1. The molecule has 20 heavy (non-hydrogen) atoms. The molecule has 0 bridgehead atoms. The van der Waals surface area contributed by atoms with E-state index in [9.17, 15) is 5.11 Å². The molecule has 1 aliphatic heterocycles. The first-order valence-corrected chi connectivity index (χ1v) is 7.83. The van der Waals surface area contributed by atoms with E-state index in [2.05, 4.69) is 24.4 Å². The van der Waals surface area contributed by atoms with Crippen molar-refractivity contribution in [2.75, 3.05) is 13.1 Å². The quantitative estimate of drug-likeness (QED) is 0.753. The SMILES string of the molecule is CCCCCC1(OCc2ccccc2)CCNCC1O. The van der Waals surface area contributed by atoms with Crippen molar-refractivity contribution in [1.82, 2.24) is 5.32 Å². The number of ether oxygens (including phenoxy) is 1. The highest BCUT2D eigenvalue weighted by atomic mass is 16.5. The molecule has 1 heterocycles. The van der Waals surface area contributed by atoms with E-state index in [4.69, 9.17) is 4.74 Å². The highest BCUT2D eigenvalue weighted by Crippen LogP contribution is 2.31. The van der Waals surface area contributed by atoms with Crippen LogP contribution in [0.15, 0.2) is 30.3 Å². The Morgan fingerprint density at radius 3 is 2.80 bits per heavy atom. The monoisotopic (exact) mass is 277 g/mol. The molecule has 2 unspecified atom stereocenters. The van der Waals surface area contributed by atoms with Crippen molar-refractivity contribution in [2.45, 2.75) is 57.3 Å². The van der Waals surface area contributed by atoms with Crippen LogP contribution in [0.1, 0.15) is 44.6 Å². The number of β-amino-alcohol motifs (C(OH)–C–C–N with tert-alkyl or cyclic N) is 1. The summed E-state index contributed by atoms with van der Waals surface area (Å²) in [6.45, 7) is 4.36. The molecule has 0 radical (unpaired) electrons. The molecule has 0 amide bonds. The predicted octanol–water partition coefficient (Wildman–Crippen LogP) is 2.88. The first-order valence-electron chi connectivity index (χ1n) is 7.83. The molecule has 1 saturated heterocycles. The molecule has 2 N–H and O–H groups in total. The van der Waals surface area contributed by atoms with Crippen molar-refractivity contribution in [1.29, 1.82) is 0 Å². The first-order chi connectivity index (χ1) is 9.77. The van der Waals surface area contributed by atoms with E-state index in [1.807, 2.05) is 18.2 Å². The van der Waals surface area contributed by atoms with E-state index in [0.717, 1.165) is 25.8 Å². The zero-order chi connectivity index (χ0) is 14.3. The van der Waals surface area contributed by atoms with Crippen molar-refractivity contribution >= 4 is 0 Å². The number of rotatable bonds is 7. The normalized spacial score (nSPS) is 26.6. The summed E-state index contributed by atoms with van der Waals surface area (Å²) < 4.78 is 6.23. The van der Waals surface area contributed by atoms with Gasteiger partial charge in [-0.3, -0.25) is 0 Å². The molecule has 2 rings (SSSR count). The maximum atomic E-state index is 10.4. The lowest BCUT2D eigenvalue weighted by Crippen LogP contribution is -2.55. The zero-order valence-electron chi connectivity index (χ0n) is 12.5. The number of aliphatic hydroxyl groups excluding tert-OH is 1. The predicted molar refractivity (Wildman–Crippen MR) is 81.6 cm³/mol. The van der Waals surface area contributed by atoms with Gasteiger partial charge < -0.3 is 15.2 Å². The van der Waals surface area contributed by atoms with Crippen molar-refractivity contribution in [2.24, 2.45) is 0 Å². The van der Waals surface area contributed by atoms with Crippen LogP contribution in [0.4, 0.5) is 0 Å². The topological polar surface area (TPSA) is 41.5 Å². The Morgan fingerprint density at radius 1 is 1.30 bits per heavy atom. The Bertz CT molecular complexity index is 382. The summed E-state index contributed by atoms with van der Waals surface area (Å²) in [5, 5.41) is 13.7. The van der Waals surface area contributed by atoms with Crippen LogP contribution in [0.5, 0.6) is 0 Å². The molecule has 0 aromatic heterocycles. The van der Waals surface area contributed by atoms with E-state index in [1.165, 1.54) is 18.4 Å². The number of aliphatic hydroxyl groups is 1. The van der Waals surface area contributed by atoms with Gasteiger partial charge in [0.15, 0.2) is 0 Å². The fourth-order valence-corrected chi connectivity index (χ4v) is 2.90. The van der Waals surface area contributed by atoms with Crippen LogP contribution in [-0.4, -0.2) is 29.9 Å². The Kier molecular flexibility index (Phi) is 6.02. The number of nitrogens with one attached hydrogen (secondary N) is 1. The average Bonchev–Trinajstić information content (AvgIpc) is 2.49. The minimum Gasteiger partial charge on any atom is -0.389 e. The van der Waals surface area contributed by atoms with Crippen LogP contribution < -0.4 is 5.32 Å². The summed E-state index contributed by atoms with van der Waals surface area (Å²) in [7, 11) is 0. The lowest BCUT2D eigenvalue weighted by atomic mass is 9.84. The van der Waals surface area contributed by atoms with Gasteiger partial charge in [0.2, 0.25) is 0 Å². The van der Waals surface area contributed by atoms with Gasteiger partial charge in [-0.05, 0) is 24.9 Å². The molecular formula is C17H27NO2. The lowest BCUT2D eigenvalue weighted by molar-refractivity contribution is -0.150. The lowest BCUT2D eigenvalue weighted by Gasteiger charge is -2.42. The zero-order valence-corrected chi connectivity index (χ0v) is 12.5. The molecule has 3 heteroatoms. The van der Waals surface area contributed by atoms with E-state index in [1.54, 1.807) is 0 Å². The summed E-state index contributed by atoms with van der Waals surface area (Å²) in [5.41, 5.74) is 0.809. The molecule has 0 aliphatic carbocycles. The molecule has 0 spiro atoms. The third kappa shape index (κ3) is 4.05. The van der Waals surface area contributed by atoms with Gasteiger partial charge in [0.25, 0.3) is 0 Å². The molecule has 112 valence electrons. The summed E-state index contributed by atoms with van der Waals surface area (Å²) >= 11 is 0. The molecular weight excluding hydrogens is 250 g/mol. The second-order valence-corrected chi connectivity index (χ2v) is 5.77. The summed E-state index contributed by atoms with van der Waals surface area (Å²) in [6, 6.07) is 10.2. The first kappa shape index (κ1) is 15.5. The van der Waals surface area contributed by atoms with Gasteiger partial charge in [-0.15, -0.1) is 0 Å². The van der Waals surface area contributed by atoms with Crippen molar-refractivity contribution < 1.29 is 9.84 Å². The van der Waals surface area contributed by atoms with Crippen LogP contribution >= 0.6 is 0 Å². The minimum atomic E-state index is -0.406. The van der Waals surface area contributed by atoms with Crippen LogP contribution in [0.2, 0.25) is 0 Å². The molecule has 2 atom stereocenters. The second kappa shape index (κ2) is 7.77. The Labute approximate surface area is 122 Å². The number of unbranched alkanes of at least 4 members (excludes halogenated alkanes) is 2. The third-order valence-corrected chi connectivity index (χ3v) is 4.24.